The minimum absolute atomic E-state index is 0.833. The molecule has 2 N–H and O–H groups in total. The van der Waals surface area contributed by atoms with E-state index in [0.29, 0.717) is 0 Å². The van der Waals surface area contributed by atoms with E-state index in [4.69, 9.17) is 9.90 Å². The van der Waals surface area contributed by atoms with Crippen LogP contribution in [0.5, 0.6) is 0 Å². The molecule has 24 heavy (non-hydrogen) atoms. The molecule has 0 saturated carbocycles. The molecule has 0 fully saturated rings. The summed E-state index contributed by atoms with van der Waals surface area (Å²) in [5.74, 6) is -0.833. The first-order valence-corrected chi connectivity index (χ1v) is 9.61. The fourth-order valence-corrected chi connectivity index (χ4v) is 2.57. The van der Waals surface area contributed by atoms with E-state index in [-0.39, 0.29) is 0 Å². The van der Waals surface area contributed by atoms with E-state index in [9.17, 15) is 0 Å². The number of carbonyl (C=O) groups is 1. The molecule has 0 amide bonds. The van der Waals surface area contributed by atoms with Crippen LogP contribution in [0.1, 0.15) is 83.6 Å². The average Bonchev–Trinajstić information content (AvgIpc) is 2.56. The fourth-order valence-electron chi connectivity index (χ4n) is 2.57. The van der Waals surface area contributed by atoms with Gasteiger partial charge in [-0.1, -0.05) is 95.0 Å². The molecule has 0 aromatic heterocycles. The largest absolute Gasteiger partial charge is 0.481 e. The summed E-state index contributed by atoms with van der Waals surface area (Å²) < 4.78 is 0. The summed E-state index contributed by atoms with van der Waals surface area (Å²) in [6.07, 6.45) is 14.1. The van der Waals surface area contributed by atoms with Gasteiger partial charge in [-0.15, -0.1) is 0 Å². The van der Waals surface area contributed by atoms with Crippen LogP contribution in [0.15, 0.2) is 30.3 Å². The molecular formula is C21H37NO2. The van der Waals surface area contributed by atoms with Crippen LogP contribution in [0, 0.1) is 0 Å². The van der Waals surface area contributed by atoms with E-state index in [0.717, 1.165) is 20.0 Å². The number of nitrogens with one attached hydrogen (secondary N) is 1. The van der Waals surface area contributed by atoms with Gasteiger partial charge in [0.1, 0.15) is 0 Å². The van der Waals surface area contributed by atoms with E-state index in [2.05, 4.69) is 42.6 Å². The van der Waals surface area contributed by atoms with Gasteiger partial charge in [0.2, 0.25) is 0 Å². The maximum atomic E-state index is 9.00. The Morgan fingerprint density at radius 1 is 0.875 bits per heavy atom. The third-order valence-corrected chi connectivity index (χ3v) is 3.88. The highest BCUT2D eigenvalue weighted by molar-refractivity contribution is 5.62. The molecule has 0 spiro atoms. The smallest absolute Gasteiger partial charge is 0.300 e. The number of carboxylic acids is 1. The van der Waals surface area contributed by atoms with Crippen LogP contribution in [0.4, 0.5) is 0 Å². The third-order valence-electron chi connectivity index (χ3n) is 3.88. The van der Waals surface area contributed by atoms with Crippen molar-refractivity contribution in [3.63, 3.8) is 0 Å². The minimum atomic E-state index is -0.833. The topological polar surface area (TPSA) is 49.3 Å². The average molecular weight is 336 g/mol. The molecule has 138 valence electrons. The summed E-state index contributed by atoms with van der Waals surface area (Å²) >= 11 is 0. The number of carboxylic acid groups (broad SMARTS) is 1. The highest BCUT2D eigenvalue weighted by Crippen LogP contribution is 2.10. The van der Waals surface area contributed by atoms with E-state index in [1.165, 1.54) is 69.8 Å². The summed E-state index contributed by atoms with van der Waals surface area (Å²) in [4.78, 5) is 9.00. The van der Waals surface area contributed by atoms with E-state index in [1.54, 1.807) is 0 Å². The minimum Gasteiger partial charge on any atom is -0.481 e. The quantitative estimate of drug-likeness (QED) is 0.449. The van der Waals surface area contributed by atoms with Crippen molar-refractivity contribution in [2.45, 2.75) is 84.6 Å². The highest BCUT2D eigenvalue weighted by Gasteiger charge is 1.93. The molecule has 0 aliphatic heterocycles. The Morgan fingerprint density at radius 3 is 1.83 bits per heavy atom. The third kappa shape index (κ3) is 18.7. The van der Waals surface area contributed by atoms with Crippen LogP contribution >= 0.6 is 0 Å². The van der Waals surface area contributed by atoms with Gasteiger partial charge in [-0.05, 0) is 18.5 Å². The predicted molar refractivity (Wildman–Crippen MR) is 103 cm³/mol. The number of aliphatic carboxylic acids is 1. The molecule has 0 aliphatic rings. The SMILES string of the molecule is CC(=O)O.CCCCCCCCCCCCNCc1ccccc1. The lowest BCUT2D eigenvalue weighted by Crippen LogP contribution is -2.14. The van der Waals surface area contributed by atoms with Crippen molar-refractivity contribution in [1.29, 1.82) is 0 Å². The Balaban J connectivity index is 0.00000118. The molecule has 0 aliphatic carbocycles. The van der Waals surface area contributed by atoms with Gasteiger partial charge >= 0.3 is 0 Å². The Kier molecular flexibility index (Phi) is 17.0. The van der Waals surface area contributed by atoms with Crippen molar-refractivity contribution < 1.29 is 9.90 Å². The molecule has 1 aromatic carbocycles. The Bertz CT molecular complexity index is 375. The van der Waals surface area contributed by atoms with Crippen molar-refractivity contribution in [2.24, 2.45) is 0 Å². The van der Waals surface area contributed by atoms with E-state index >= 15 is 0 Å². The predicted octanol–water partition coefficient (Wildman–Crippen LogP) is 5.79. The number of unbranched alkanes of at least 4 members (excludes halogenated alkanes) is 9. The molecule has 0 unspecified atom stereocenters. The van der Waals surface area contributed by atoms with Gasteiger partial charge in [-0.3, -0.25) is 4.79 Å². The first-order chi connectivity index (χ1) is 11.7. The molecule has 1 aromatic rings. The molecule has 0 atom stereocenters. The standard InChI is InChI=1S/C19H33N.C2H4O2/c1-2-3-4-5-6-7-8-9-10-14-17-20-18-19-15-12-11-13-16-19;1-2(3)4/h11-13,15-16,20H,2-10,14,17-18H2,1H3;1H3,(H,3,4). The lowest BCUT2D eigenvalue weighted by molar-refractivity contribution is -0.134. The lowest BCUT2D eigenvalue weighted by atomic mass is 10.1. The maximum absolute atomic E-state index is 9.00. The molecule has 0 saturated heterocycles. The zero-order chi connectivity index (χ0) is 17.9. The van der Waals surface area contributed by atoms with E-state index in [1.807, 2.05) is 0 Å². The molecule has 0 radical (unpaired) electrons. The highest BCUT2D eigenvalue weighted by atomic mass is 16.4. The van der Waals surface area contributed by atoms with Crippen molar-refractivity contribution in [1.82, 2.24) is 5.32 Å². The van der Waals surface area contributed by atoms with Crippen molar-refractivity contribution in [3.05, 3.63) is 35.9 Å². The van der Waals surface area contributed by atoms with Crippen LogP contribution in [-0.2, 0) is 11.3 Å². The van der Waals surface area contributed by atoms with Gasteiger partial charge < -0.3 is 10.4 Å². The van der Waals surface area contributed by atoms with Crippen LogP contribution < -0.4 is 5.32 Å². The first-order valence-electron chi connectivity index (χ1n) is 9.61. The molecule has 0 bridgehead atoms. The summed E-state index contributed by atoms with van der Waals surface area (Å²) in [5, 5.41) is 10.9. The number of benzene rings is 1. The first kappa shape index (κ1) is 22.6. The second-order valence-corrected chi connectivity index (χ2v) is 6.36. The summed E-state index contributed by atoms with van der Waals surface area (Å²) in [6.45, 7) is 5.54. The second-order valence-electron chi connectivity index (χ2n) is 6.36. The molecule has 3 heteroatoms. The van der Waals surface area contributed by atoms with Crippen LogP contribution in [0.2, 0.25) is 0 Å². The second kappa shape index (κ2) is 18.0. The summed E-state index contributed by atoms with van der Waals surface area (Å²) in [7, 11) is 0. The zero-order valence-electron chi connectivity index (χ0n) is 15.7. The zero-order valence-corrected chi connectivity index (χ0v) is 15.7. The summed E-state index contributed by atoms with van der Waals surface area (Å²) in [5.41, 5.74) is 1.39. The normalized spacial score (nSPS) is 10.1. The Labute approximate surface area is 148 Å². The van der Waals surface area contributed by atoms with Gasteiger partial charge in [0.05, 0.1) is 0 Å². The molecule has 3 nitrogen and oxygen atoms in total. The Hall–Kier alpha value is -1.35. The maximum Gasteiger partial charge on any atom is 0.300 e. The number of rotatable bonds is 13. The van der Waals surface area contributed by atoms with Crippen LogP contribution in [0.25, 0.3) is 0 Å². The molecule has 0 heterocycles. The van der Waals surface area contributed by atoms with Crippen LogP contribution in [-0.4, -0.2) is 17.6 Å². The van der Waals surface area contributed by atoms with Crippen molar-refractivity contribution in [2.75, 3.05) is 6.54 Å². The number of hydrogen-bond donors (Lipinski definition) is 2. The van der Waals surface area contributed by atoms with Crippen LogP contribution in [0.3, 0.4) is 0 Å². The van der Waals surface area contributed by atoms with Gasteiger partial charge in [0.25, 0.3) is 5.97 Å². The Morgan fingerprint density at radius 2 is 1.33 bits per heavy atom. The van der Waals surface area contributed by atoms with Gasteiger partial charge in [0, 0.05) is 13.5 Å². The molecular weight excluding hydrogens is 298 g/mol. The van der Waals surface area contributed by atoms with Crippen molar-refractivity contribution >= 4 is 5.97 Å². The number of hydrogen-bond acceptors (Lipinski definition) is 2. The monoisotopic (exact) mass is 335 g/mol. The summed E-state index contributed by atoms with van der Waals surface area (Å²) in [6, 6.07) is 10.7. The van der Waals surface area contributed by atoms with E-state index < -0.39 is 5.97 Å². The lowest BCUT2D eigenvalue weighted by Gasteiger charge is -2.05. The molecule has 1 rings (SSSR count). The fraction of sp³-hybridized carbons (Fsp3) is 0.667. The van der Waals surface area contributed by atoms with Crippen molar-refractivity contribution in [3.8, 4) is 0 Å². The van der Waals surface area contributed by atoms with Gasteiger partial charge in [-0.2, -0.15) is 0 Å². The van der Waals surface area contributed by atoms with Gasteiger partial charge in [-0.25, -0.2) is 0 Å². The van der Waals surface area contributed by atoms with Gasteiger partial charge in [0.15, 0.2) is 0 Å².